The topological polar surface area (TPSA) is 93.4 Å². The summed E-state index contributed by atoms with van der Waals surface area (Å²) in [5.74, 6) is -3.14. The van der Waals surface area contributed by atoms with E-state index in [2.05, 4.69) is 15.3 Å². The molecule has 1 aliphatic rings. The Hall–Kier alpha value is -3.17. The van der Waals surface area contributed by atoms with Gasteiger partial charge in [-0.25, -0.2) is 8.78 Å². The Kier molecular flexibility index (Phi) is 5.48. The van der Waals surface area contributed by atoms with E-state index in [0.717, 1.165) is 6.07 Å². The zero-order valence-corrected chi connectivity index (χ0v) is 15.5. The molecule has 0 radical (unpaired) electrons. The predicted molar refractivity (Wildman–Crippen MR) is 94.4 cm³/mol. The number of carbonyl (C=O) groups is 1. The highest BCUT2D eigenvalue weighted by Crippen LogP contribution is 2.35. The van der Waals surface area contributed by atoms with E-state index < -0.39 is 35.5 Å². The average molecular weight is 393 g/mol. The van der Waals surface area contributed by atoms with Gasteiger partial charge in [-0.05, 0) is 12.1 Å². The molecule has 148 valence electrons. The lowest BCUT2D eigenvalue weighted by atomic mass is 9.97. The second-order valence-corrected chi connectivity index (χ2v) is 6.40. The van der Waals surface area contributed by atoms with Crippen LogP contribution in [0, 0.1) is 16.5 Å². The number of nitrogens with zero attached hydrogens (tertiary/aromatic N) is 3. The minimum Gasteiger partial charge on any atom is -0.481 e. The number of hydrogen-bond donors (Lipinski definition) is 1. The van der Waals surface area contributed by atoms with E-state index in [-0.39, 0.29) is 23.3 Å². The molecule has 3 unspecified atom stereocenters. The highest BCUT2D eigenvalue weighted by Gasteiger charge is 2.54. The Labute approximate surface area is 159 Å². The van der Waals surface area contributed by atoms with Gasteiger partial charge in [0.15, 0.2) is 11.6 Å². The molecule has 10 heteroatoms. The molecule has 1 fully saturated rings. The Morgan fingerprint density at radius 1 is 1.21 bits per heavy atom. The van der Waals surface area contributed by atoms with Crippen molar-refractivity contribution in [1.82, 2.24) is 9.97 Å². The fraction of sp³-hybridized carbons (Fsp3) is 0.389. The van der Waals surface area contributed by atoms with Crippen molar-refractivity contribution in [2.45, 2.75) is 31.3 Å². The maximum atomic E-state index is 13.9. The van der Waals surface area contributed by atoms with Crippen LogP contribution in [0.3, 0.4) is 0 Å². The first-order chi connectivity index (χ1) is 13.3. The first-order valence-electron chi connectivity index (χ1n) is 8.53. The molecule has 28 heavy (non-hydrogen) atoms. The molecule has 1 aromatic carbocycles. The van der Waals surface area contributed by atoms with Gasteiger partial charge in [-0.1, -0.05) is 6.07 Å². The lowest BCUT2D eigenvalue weighted by Gasteiger charge is -2.14. The van der Waals surface area contributed by atoms with Crippen LogP contribution in [-0.4, -0.2) is 46.9 Å². The van der Waals surface area contributed by atoms with Crippen LogP contribution in [0.5, 0.6) is 11.8 Å². The van der Waals surface area contributed by atoms with E-state index in [1.807, 2.05) is 0 Å². The summed E-state index contributed by atoms with van der Waals surface area (Å²) >= 11 is 0. The minimum absolute atomic E-state index is 0.196. The molecular weight excluding hydrogens is 374 g/mol. The summed E-state index contributed by atoms with van der Waals surface area (Å²) in [5, 5.41) is 2.29. The minimum atomic E-state index is -1.23. The van der Waals surface area contributed by atoms with Gasteiger partial charge in [0.2, 0.25) is 17.8 Å². The van der Waals surface area contributed by atoms with Crippen molar-refractivity contribution in [2.75, 3.05) is 19.5 Å². The summed E-state index contributed by atoms with van der Waals surface area (Å²) in [4.78, 5) is 33.8. The standard InChI is InChI=1S/C18H18F2N4O4/c1-9-7-10(17-22-13(27-2)8-14(23-17)28-3)16(24(9)26)18(25)21-12-6-4-5-11(19)15(12)20/h4-6,8-10,16H,7H2,1-3H3/p+1. The third-order valence-corrected chi connectivity index (χ3v) is 4.61. The molecule has 2 heterocycles. The molecular formula is C18H19F2N4O4+. The number of ether oxygens (including phenoxy) is 2. The van der Waals surface area contributed by atoms with E-state index in [1.165, 1.54) is 32.4 Å². The monoisotopic (exact) mass is 393 g/mol. The van der Waals surface area contributed by atoms with Crippen molar-refractivity contribution in [2.24, 2.45) is 0 Å². The molecule has 1 aliphatic heterocycles. The lowest BCUT2D eigenvalue weighted by Crippen LogP contribution is -2.38. The third kappa shape index (κ3) is 3.62. The normalized spacial score (nSPS) is 21.5. The van der Waals surface area contributed by atoms with E-state index in [0.29, 0.717) is 11.2 Å². The first-order valence-corrected chi connectivity index (χ1v) is 8.53. The van der Waals surface area contributed by atoms with E-state index >= 15 is 0 Å². The predicted octanol–water partition coefficient (Wildman–Crippen LogP) is 2.43. The molecule has 8 nitrogen and oxygen atoms in total. The number of nitroso groups, excluding NO2 is 1. The fourth-order valence-corrected chi connectivity index (χ4v) is 3.20. The van der Waals surface area contributed by atoms with Gasteiger partial charge >= 0.3 is 0 Å². The van der Waals surface area contributed by atoms with Crippen molar-refractivity contribution < 1.29 is 27.8 Å². The highest BCUT2D eigenvalue weighted by atomic mass is 19.2. The Balaban J connectivity index is 1.94. The maximum absolute atomic E-state index is 13.9. The lowest BCUT2D eigenvalue weighted by molar-refractivity contribution is -0.583. The van der Waals surface area contributed by atoms with Gasteiger partial charge in [-0.3, -0.25) is 4.79 Å². The van der Waals surface area contributed by atoms with Crippen molar-refractivity contribution in [1.29, 1.82) is 0 Å². The number of hydrogen-bond acceptors (Lipinski definition) is 6. The zero-order valence-electron chi connectivity index (χ0n) is 15.5. The van der Waals surface area contributed by atoms with Crippen molar-refractivity contribution >= 4 is 11.6 Å². The molecule has 3 rings (SSSR count). The number of carbonyl (C=O) groups excluding carboxylic acids is 1. The van der Waals surface area contributed by atoms with Crippen LogP contribution in [0.2, 0.25) is 0 Å². The second kappa shape index (κ2) is 7.83. The second-order valence-electron chi connectivity index (χ2n) is 6.40. The van der Waals surface area contributed by atoms with Crippen LogP contribution in [0.1, 0.15) is 25.1 Å². The van der Waals surface area contributed by atoms with Gasteiger partial charge in [-0.15, -0.1) is 0 Å². The van der Waals surface area contributed by atoms with Gasteiger partial charge in [0.25, 0.3) is 11.9 Å². The molecule has 0 bridgehead atoms. The van der Waals surface area contributed by atoms with Crippen LogP contribution < -0.4 is 14.8 Å². The van der Waals surface area contributed by atoms with Crippen molar-refractivity contribution in [3.05, 3.63) is 46.6 Å². The van der Waals surface area contributed by atoms with Gasteiger partial charge in [0.05, 0.1) is 26.0 Å². The molecule has 2 aromatic rings. The number of amides is 1. The number of rotatable bonds is 5. The number of aromatic nitrogens is 2. The van der Waals surface area contributed by atoms with Crippen LogP contribution >= 0.6 is 0 Å². The highest BCUT2D eigenvalue weighted by molar-refractivity contribution is 5.94. The largest absolute Gasteiger partial charge is 0.481 e. The zero-order chi connectivity index (χ0) is 20.4. The summed E-state index contributed by atoms with van der Waals surface area (Å²) in [5.41, 5.74) is -0.346. The number of anilines is 1. The number of nitrogens with one attached hydrogen (secondary N) is 1. The molecule has 1 N–H and O–H groups in total. The Bertz CT molecular complexity index is 902. The van der Waals surface area contributed by atoms with Crippen LogP contribution in [0.25, 0.3) is 0 Å². The summed E-state index contributed by atoms with van der Waals surface area (Å²) in [7, 11) is 2.83. The fourth-order valence-electron chi connectivity index (χ4n) is 3.20. The van der Waals surface area contributed by atoms with Crippen molar-refractivity contribution in [3.8, 4) is 11.8 Å². The quantitative estimate of drug-likeness (QED) is 0.785. The average Bonchev–Trinajstić information content (AvgIpc) is 2.99. The van der Waals surface area contributed by atoms with Gasteiger partial charge in [0, 0.05) is 23.0 Å². The smallest absolute Gasteiger partial charge is 0.298 e. The molecule has 0 spiro atoms. The SMILES string of the molecule is COc1cc(OC)nc(C2CC(C)[N+](=O)C2C(=O)Nc2cccc(F)c2F)n1. The molecule has 3 atom stereocenters. The van der Waals surface area contributed by atoms with Crippen LogP contribution in [0.4, 0.5) is 14.5 Å². The molecule has 0 saturated carbocycles. The molecule has 1 amide bonds. The van der Waals surface area contributed by atoms with Crippen LogP contribution in [0.15, 0.2) is 24.3 Å². The van der Waals surface area contributed by atoms with Gasteiger partial charge in [0.1, 0.15) is 11.7 Å². The van der Waals surface area contributed by atoms with Crippen LogP contribution in [-0.2, 0) is 4.79 Å². The summed E-state index contributed by atoms with van der Waals surface area (Å²) in [6, 6.07) is 3.14. The Morgan fingerprint density at radius 2 is 1.86 bits per heavy atom. The summed E-state index contributed by atoms with van der Waals surface area (Å²) in [6.45, 7) is 1.66. The van der Waals surface area contributed by atoms with Crippen molar-refractivity contribution in [3.63, 3.8) is 0 Å². The Morgan fingerprint density at radius 3 is 2.46 bits per heavy atom. The van der Waals surface area contributed by atoms with E-state index in [1.54, 1.807) is 6.92 Å². The number of halogens is 2. The summed E-state index contributed by atoms with van der Waals surface area (Å²) < 4.78 is 38.2. The van der Waals surface area contributed by atoms with E-state index in [4.69, 9.17) is 9.47 Å². The summed E-state index contributed by atoms with van der Waals surface area (Å²) in [6.07, 6.45) is 0.295. The first kappa shape index (κ1) is 19.6. The van der Waals surface area contributed by atoms with Gasteiger partial charge < -0.3 is 14.8 Å². The third-order valence-electron chi connectivity index (χ3n) is 4.61. The molecule has 1 aromatic heterocycles. The maximum Gasteiger partial charge on any atom is 0.298 e. The van der Waals surface area contributed by atoms with Gasteiger partial charge in [-0.2, -0.15) is 9.97 Å². The molecule has 1 saturated heterocycles. The van der Waals surface area contributed by atoms with E-state index in [9.17, 15) is 18.5 Å². The number of methoxy groups -OCH3 is 2. The molecule has 0 aliphatic carbocycles. The number of benzene rings is 1.